The molecule has 11 heteroatoms. The Labute approximate surface area is 202 Å². The molecule has 174 valence electrons. The lowest BCUT2D eigenvalue weighted by atomic mass is 10.2. The van der Waals surface area contributed by atoms with Gasteiger partial charge in [-0.1, -0.05) is 12.1 Å². The summed E-state index contributed by atoms with van der Waals surface area (Å²) >= 11 is 0. The molecular formula is C20H33IN6O3S. The third-order valence-corrected chi connectivity index (χ3v) is 6.74. The van der Waals surface area contributed by atoms with Crippen LogP contribution in [0.3, 0.4) is 0 Å². The summed E-state index contributed by atoms with van der Waals surface area (Å²) in [6, 6.07) is 6.48. The number of likely N-dealkylation sites (tertiary alicyclic amines) is 1. The first-order chi connectivity index (χ1) is 14.3. The van der Waals surface area contributed by atoms with E-state index in [0.717, 1.165) is 63.6 Å². The third kappa shape index (κ3) is 6.77. The number of primary sulfonamides is 1. The van der Waals surface area contributed by atoms with Crippen molar-refractivity contribution in [3.05, 3.63) is 29.8 Å². The monoisotopic (exact) mass is 564 g/mol. The van der Waals surface area contributed by atoms with E-state index in [1.807, 2.05) is 17.9 Å². The van der Waals surface area contributed by atoms with Gasteiger partial charge in [-0.2, -0.15) is 0 Å². The molecule has 0 saturated carbocycles. The predicted molar refractivity (Wildman–Crippen MR) is 132 cm³/mol. The topological polar surface area (TPSA) is 111 Å². The van der Waals surface area contributed by atoms with E-state index in [9.17, 15) is 13.2 Å². The van der Waals surface area contributed by atoms with Gasteiger partial charge in [0.05, 0.1) is 10.9 Å². The lowest BCUT2D eigenvalue weighted by Crippen LogP contribution is -2.57. The summed E-state index contributed by atoms with van der Waals surface area (Å²) in [4.78, 5) is 23.5. The number of hydrogen-bond acceptors (Lipinski definition) is 5. The second kappa shape index (κ2) is 11.4. The summed E-state index contributed by atoms with van der Waals surface area (Å²) < 4.78 is 23.1. The molecule has 2 saturated heterocycles. The molecule has 1 unspecified atom stereocenters. The first-order valence-electron chi connectivity index (χ1n) is 10.4. The zero-order valence-corrected chi connectivity index (χ0v) is 21.3. The number of halogens is 1. The largest absolute Gasteiger partial charge is 0.352 e. The summed E-state index contributed by atoms with van der Waals surface area (Å²) in [5.74, 6) is 0.993. The first-order valence-corrected chi connectivity index (χ1v) is 11.9. The van der Waals surface area contributed by atoms with Crippen LogP contribution in [0.4, 0.5) is 0 Å². The molecular weight excluding hydrogens is 531 g/mol. The number of carbonyl (C=O) groups excluding carboxylic acids is 1. The van der Waals surface area contributed by atoms with Crippen molar-refractivity contribution < 1.29 is 13.2 Å². The Hall–Kier alpha value is -1.44. The smallest absolute Gasteiger partial charge is 0.239 e. The van der Waals surface area contributed by atoms with Gasteiger partial charge in [0.1, 0.15) is 0 Å². The number of guanidine groups is 1. The van der Waals surface area contributed by atoms with Gasteiger partial charge in [-0.15, -0.1) is 24.0 Å². The molecule has 31 heavy (non-hydrogen) atoms. The number of nitrogens with one attached hydrogen (secondary N) is 1. The number of nitrogens with zero attached hydrogens (tertiary/aromatic N) is 4. The number of sulfonamides is 1. The molecule has 1 aromatic rings. The summed E-state index contributed by atoms with van der Waals surface area (Å²) in [6.07, 6.45) is 2.21. The quantitative estimate of drug-likeness (QED) is 0.309. The minimum atomic E-state index is -3.72. The standard InChI is InChI=1S/C20H32N6O3S.HI/c1-16(19(27)25-8-3-4-9-25)24-10-12-26(13-11-24)20(22-2)23-15-17-6-5-7-18(14-17)30(21,28)29;/h5-7,14,16H,3-4,8-13,15H2,1-2H3,(H,22,23)(H2,21,28,29);1H. The van der Waals surface area contributed by atoms with Crippen molar-refractivity contribution in [1.29, 1.82) is 0 Å². The number of benzene rings is 1. The van der Waals surface area contributed by atoms with E-state index < -0.39 is 10.0 Å². The number of nitrogens with two attached hydrogens (primary N) is 1. The molecule has 2 aliphatic rings. The highest BCUT2D eigenvalue weighted by atomic mass is 127. The van der Waals surface area contributed by atoms with Crippen LogP contribution in [0, 0.1) is 0 Å². The Morgan fingerprint density at radius 2 is 1.77 bits per heavy atom. The molecule has 0 radical (unpaired) electrons. The number of hydrogen-bond donors (Lipinski definition) is 2. The highest BCUT2D eigenvalue weighted by molar-refractivity contribution is 14.0. The molecule has 0 spiro atoms. The van der Waals surface area contributed by atoms with Gasteiger partial charge in [0.2, 0.25) is 15.9 Å². The molecule has 9 nitrogen and oxygen atoms in total. The van der Waals surface area contributed by atoms with Gasteiger partial charge in [-0.3, -0.25) is 14.7 Å². The average Bonchev–Trinajstić information content (AvgIpc) is 3.28. The van der Waals surface area contributed by atoms with Crippen LogP contribution in [-0.4, -0.2) is 87.3 Å². The van der Waals surface area contributed by atoms with Gasteiger partial charge in [0, 0.05) is 52.9 Å². The van der Waals surface area contributed by atoms with Gasteiger partial charge in [0.25, 0.3) is 0 Å². The Bertz CT molecular complexity index is 881. The summed E-state index contributed by atoms with van der Waals surface area (Å²) in [6.45, 7) is 7.34. The van der Waals surface area contributed by atoms with E-state index in [4.69, 9.17) is 5.14 Å². The Balaban J connectivity index is 0.00000341. The molecule has 0 aliphatic carbocycles. The van der Waals surface area contributed by atoms with Crippen LogP contribution >= 0.6 is 24.0 Å². The van der Waals surface area contributed by atoms with Crippen LogP contribution in [0.15, 0.2) is 34.2 Å². The Kier molecular flexibility index (Phi) is 9.52. The van der Waals surface area contributed by atoms with Crippen molar-refractivity contribution in [2.24, 2.45) is 10.1 Å². The average molecular weight is 564 g/mol. The highest BCUT2D eigenvalue weighted by Gasteiger charge is 2.30. The SMILES string of the molecule is CN=C(NCc1cccc(S(N)(=O)=O)c1)N1CCN(C(C)C(=O)N2CCCC2)CC1.I. The van der Waals surface area contributed by atoms with Crippen molar-refractivity contribution in [2.75, 3.05) is 46.3 Å². The van der Waals surface area contributed by atoms with Crippen molar-refractivity contribution in [1.82, 2.24) is 20.0 Å². The van der Waals surface area contributed by atoms with Crippen LogP contribution in [0.5, 0.6) is 0 Å². The summed E-state index contributed by atoms with van der Waals surface area (Å²) in [7, 11) is -1.99. The Morgan fingerprint density at radius 3 is 2.35 bits per heavy atom. The summed E-state index contributed by atoms with van der Waals surface area (Å²) in [5, 5.41) is 8.50. The molecule has 1 amide bonds. The van der Waals surface area contributed by atoms with E-state index in [1.54, 1.807) is 19.2 Å². The van der Waals surface area contributed by atoms with Gasteiger partial charge in [-0.05, 0) is 37.5 Å². The number of carbonyl (C=O) groups is 1. The van der Waals surface area contributed by atoms with Crippen LogP contribution in [0.1, 0.15) is 25.3 Å². The van der Waals surface area contributed by atoms with Gasteiger partial charge in [0.15, 0.2) is 5.96 Å². The maximum absolute atomic E-state index is 12.7. The van der Waals surface area contributed by atoms with E-state index in [-0.39, 0.29) is 40.8 Å². The van der Waals surface area contributed by atoms with Crippen LogP contribution in [0.25, 0.3) is 0 Å². The number of amides is 1. The first kappa shape index (κ1) is 25.8. The summed E-state index contributed by atoms with van der Waals surface area (Å²) in [5.41, 5.74) is 0.811. The Morgan fingerprint density at radius 1 is 1.13 bits per heavy atom. The zero-order chi connectivity index (χ0) is 21.7. The van der Waals surface area contributed by atoms with Gasteiger partial charge < -0.3 is 15.1 Å². The molecule has 1 atom stereocenters. The van der Waals surface area contributed by atoms with E-state index >= 15 is 0 Å². The lowest BCUT2D eigenvalue weighted by molar-refractivity contribution is -0.135. The highest BCUT2D eigenvalue weighted by Crippen LogP contribution is 2.14. The second-order valence-electron chi connectivity index (χ2n) is 7.82. The van der Waals surface area contributed by atoms with E-state index in [0.29, 0.717) is 6.54 Å². The number of piperazine rings is 1. The molecule has 3 rings (SSSR count). The normalized spacial score (nSPS) is 19.1. The van der Waals surface area contributed by atoms with Gasteiger partial charge >= 0.3 is 0 Å². The molecule has 0 aromatic heterocycles. The molecule has 2 aliphatic heterocycles. The van der Waals surface area contributed by atoms with Crippen molar-refractivity contribution in [3.63, 3.8) is 0 Å². The minimum Gasteiger partial charge on any atom is -0.352 e. The fraction of sp³-hybridized carbons (Fsp3) is 0.600. The van der Waals surface area contributed by atoms with E-state index in [1.165, 1.54) is 6.07 Å². The predicted octanol–water partition coefficient (Wildman–Crippen LogP) is 0.656. The van der Waals surface area contributed by atoms with Crippen molar-refractivity contribution in [2.45, 2.75) is 37.2 Å². The fourth-order valence-electron chi connectivity index (χ4n) is 4.02. The minimum absolute atomic E-state index is 0. The number of aliphatic imine (C=N–C) groups is 1. The van der Waals surface area contributed by atoms with Crippen molar-refractivity contribution in [3.8, 4) is 0 Å². The van der Waals surface area contributed by atoms with Crippen LogP contribution < -0.4 is 10.5 Å². The van der Waals surface area contributed by atoms with Gasteiger partial charge in [-0.25, -0.2) is 13.6 Å². The number of rotatable bonds is 5. The fourth-order valence-corrected chi connectivity index (χ4v) is 4.61. The maximum Gasteiger partial charge on any atom is 0.239 e. The van der Waals surface area contributed by atoms with Crippen LogP contribution in [0.2, 0.25) is 0 Å². The third-order valence-electron chi connectivity index (χ3n) is 5.83. The van der Waals surface area contributed by atoms with E-state index in [2.05, 4.69) is 20.1 Å². The molecule has 0 bridgehead atoms. The molecule has 3 N–H and O–H groups in total. The zero-order valence-electron chi connectivity index (χ0n) is 18.2. The van der Waals surface area contributed by atoms with Crippen molar-refractivity contribution >= 4 is 45.9 Å². The van der Waals surface area contributed by atoms with Crippen LogP contribution in [-0.2, 0) is 21.4 Å². The maximum atomic E-state index is 12.7. The second-order valence-corrected chi connectivity index (χ2v) is 9.39. The molecule has 1 aromatic carbocycles. The molecule has 2 fully saturated rings. The lowest BCUT2D eigenvalue weighted by Gasteiger charge is -2.39. The molecule has 2 heterocycles.